The molecule has 0 radical (unpaired) electrons. The van der Waals surface area contributed by atoms with Gasteiger partial charge in [-0.2, -0.15) is 0 Å². The highest BCUT2D eigenvalue weighted by molar-refractivity contribution is 6.31. The summed E-state index contributed by atoms with van der Waals surface area (Å²) in [6.45, 7) is 2.39. The molecular weight excluding hydrogens is 305 g/mol. The third kappa shape index (κ3) is 4.46. The summed E-state index contributed by atoms with van der Waals surface area (Å²) < 4.78 is 19.2. The Morgan fingerprint density at radius 2 is 2.00 bits per heavy atom. The van der Waals surface area contributed by atoms with Crippen LogP contribution in [-0.4, -0.2) is 12.5 Å². The molecule has 0 saturated carbocycles. The molecule has 0 aliphatic carbocycles. The summed E-state index contributed by atoms with van der Waals surface area (Å²) in [6, 6.07) is 12.2. The molecule has 0 heterocycles. The Bertz CT molecular complexity index is 661. The second-order valence-electron chi connectivity index (χ2n) is 4.87. The van der Waals surface area contributed by atoms with Gasteiger partial charge in [-0.25, -0.2) is 4.39 Å². The summed E-state index contributed by atoms with van der Waals surface area (Å²) in [4.78, 5) is 11.8. The lowest BCUT2D eigenvalue weighted by atomic mass is 10.2. The summed E-state index contributed by atoms with van der Waals surface area (Å²) in [5.41, 5.74) is 1.14. The third-order valence-corrected chi connectivity index (χ3v) is 3.42. The molecule has 0 aliphatic rings. The van der Waals surface area contributed by atoms with Crippen LogP contribution in [0.1, 0.15) is 18.4 Å². The zero-order chi connectivity index (χ0) is 15.9. The maximum absolute atomic E-state index is 13.6. The fourth-order valence-corrected chi connectivity index (χ4v) is 2.12. The highest BCUT2D eigenvalue weighted by Crippen LogP contribution is 2.22. The van der Waals surface area contributed by atoms with E-state index < -0.39 is 5.82 Å². The van der Waals surface area contributed by atoms with Crippen LogP contribution in [0.3, 0.4) is 0 Å². The fraction of sp³-hybridized carbons (Fsp3) is 0.235. The van der Waals surface area contributed by atoms with E-state index in [1.54, 1.807) is 6.07 Å². The molecule has 0 aliphatic heterocycles. The van der Waals surface area contributed by atoms with Crippen LogP contribution in [0.2, 0.25) is 5.02 Å². The zero-order valence-corrected chi connectivity index (χ0v) is 13.0. The molecule has 0 spiro atoms. The maximum Gasteiger partial charge on any atom is 0.224 e. The average Bonchev–Trinajstić information content (AvgIpc) is 2.50. The van der Waals surface area contributed by atoms with Crippen molar-refractivity contribution >= 4 is 23.2 Å². The van der Waals surface area contributed by atoms with Gasteiger partial charge < -0.3 is 10.1 Å². The Morgan fingerprint density at radius 3 is 2.77 bits per heavy atom. The molecular formula is C17H17ClFNO2. The van der Waals surface area contributed by atoms with Gasteiger partial charge in [-0.1, -0.05) is 35.9 Å². The van der Waals surface area contributed by atoms with Crippen molar-refractivity contribution in [3.05, 3.63) is 58.9 Å². The van der Waals surface area contributed by atoms with Gasteiger partial charge >= 0.3 is 0 Å². The van der Waals surface area contributed by atoms with E-state index in [0.29, 0.717) is 13.0 Å². The lowest BCUT2D eigenvalue weighted by Gasteiger charge is -2.09. The first-order valence-electron chi connectivity index (χ1n) is 7.00. The molecule has 0 saturated heterocycles. The van der Waals surface area contributed by atoms with Crippen LogP contribution in [0.15, 0.2) is 42.5 Å². The molecule has 1 amide bonds. The summed E-state index contributed by atoms with van der Waals surface area (Å²) in [5, 5.41) is 2.49. The van der Waals surface area contributed by atoms with Crippen molar-refractivity contribution in [3.63, 3.8) is 0 Å². The Balaban J connectivity index is 1.76. The number of ether oxygens (including phenoxy) is 1. The first-order valence-corrected chi connectivity index (χ1v) is 7.38. The summed E-state index contributed by atoms with van der Waals surface area (Å²) in [6.07, 6.45) is 0.792. The number of rotatable bonds is 6. The van der Waals surface area contributed by atoms with Crippen LogP contribution in [0.25, 0.3) is 0 Å². The Kier molecular flexibility index (Phi) is 5.78. The van der Waals surface area contributed by atoms with Gasteiger partial charge in [0.2, 0.25) is 5.91 Å². The van der Waals surface area contributed by atoms with Crippen molar-refractivity contribution in [2.45, 2.75) is 19.8 Å². The van der Waals surface area contributed by atoms with Gasteiger partial charge in [0, 0.05) is 6.42 Å². The van der Waals surface area contributed by atoms with Crippen molar-refractivity contribution < 1.29 is 13.9 Å². The number of benzene rings is 2. The molecule has 2 rings (SSSR count). The lowest BCUT2D eigenvalue weighted by molar-refractivity contribution is -0.116. The highest BCUT2D eigenvalue weighted by Gasteiger charge is 2.09. The monoisotopic (exact) mass is 321 g/mol. The van der Waals surface area contributed by atoms with Crippen LogP contribution in [0.4, 0.5) is 10.1 Å². The summed E-state index contributed by atoms with van der Waals surface area (Å²) in [7, 11) is 0. The van der Waals surface area contributed by atoms with Crippen LogP contribution in [0.5, 0.6) is 5.75 Å². The Hall–Kier alpha value is -2.07. The number of halogens is 2. The highest BCUT2D eigenvalue weighted by atomic mass is 35.5. The first kappa shape index (κ1) is 16.3. The van der Waals surface area contributed by atoms with Crippen LogP contribution in [0, 0.1) is 12.7 Å². The number of carbonyl (C=O) groups is 1. The number of aryl methyl sites for hydroxylation is 1. The van der Waals surface area contributed by atoms with Gasteiger partial charge in [0.15, 0.2) is 5.82 Å². The largest absolute Gasteiger partial charge is 0.493 e. The molecule has 2 aromatic rings. The van der Waals surface area contributed by atoms with E-state index in [-0.39, 0.29) is 23.0 Å². The van der Waals surface area contributed by atoms with Crippen molar-refractivity contribution in [2.24, 2.45) is 0 Å². The molecule has 0 fully saturated rings. The number of amides is 1. The van der Waals surface area contributed by atoms with Gasteiger partial charge in [-0.15, -0.1) is 0 Å². The third-order valence-electron chi connectivity index (χ3n) is 3.13. The van der Waals surface area contributed by atoms with Crippen LogP contribution in [-0.2, 0) is 4.79 Å². The maximum atomic E-state index is 13.6. The van der Waals surface area contributed by atoms with E-state index in [1.807, 2.05) is 31.2 Å². The zero-order valence-electron chi connectivity index (χ0n) is 12.2. The molecule has 0 aromatic heterocycles. The predicted octanol–water partition coefficient (Wildman–Crippen LogP) is 4.59. The number of nitrogens with one attached hydrogen (secondary N) is 1. The van der Waals surface area contributed by atoms with E-state index in [9.17, 15) is 9.18 Å². The predicted molar refractivity (Wildman–Crippen MR) is 85.9 cm³/mol. The molecule has 3 nitrogen and oxygen atoms in total. The van der Waals surface area contributed by atoms with E-state index in [2.05, 4.69) is 5.32 Å². The normalized spacial score (nSPS) is 10.3. The van der Waals surface area contributed by atoms with E-state index in [1.165, 1.54) is 12.1 Å². The van der Waals surface area contributed by atoms with Gasteiger partial charge in [0.05, 0.1) is 17.3 Å². The lowest BCUT2D eigenvalue weighted by Crippen LogP contribution is -2.14. The van der Waals surface area contributed by atoms with Gasteiger partial charge in [-0.05, 0) is 37.1 Å². The minimum atomic E-state index is -0.617. The Labute approximate surface area is 134 Å². The molecule has 22 heavy (non-hydrogen) atoms. The fourth-order valence-electron chi connectivity index (χ4n) is 1.95. The summed E-state index contributed by atoms with van der Waals surface area (Å²) in [5.74, 6) is -0.0768. The van der Waals surface area contributed by atoms with Crippen molar-refractivity contribution in [2.75, 3.05) is 11.9 Å². The average molecular weight is 322 g/mol. The SMILES string of the molecule is Cc1ccccc1OCCCC(=O)Nc1cccc(Cl)c1F. The van der Waals surface area contributed by atoms with Gasteiger partial charge in [0.25, 0.3) is 0 Å². The van der Waals surface area contributed by atoms with E-state index in [0.717, 1.165) is 11.3 Å². The number of hydrogen-bond acceptors (Lipinski definition) is 2. The standard InChI is InChI=1S/C17H17ClFNO2/c1-12-6-2-3-9-15(12)22-11-5-10-16(21)20-14-8-4-7-13(18)17(14)19/h2-4,6-9H,5,10-11H2,1H3,(H,20,21). The molecule has 2 aromatic carbocycles. The molecule has 5 heteroatoms. The Morgan fingerprint density at radius 1 is 1.23 bits per heavy atom. The molecule has 116 valence electrons. The van der Waals surface area contributed by atoms with Gasteiger partial charge in [0.1, 0.15) is 5.75 Å². The second kappa shape index (κ2) is 7.80. The number of anilines is 1. The topological polar surface area (TPSA) is 38.3 Å². The number of hydrogen-bond donors (Lipinski definition) is 1. The molecule has 1 N–H and O–H groups in total. The van der Waals surface area contributed by atoms with Crippen LogP contribution >= 0.6 is 11.6 Å². The molecule has 0 bridgehead atoms. The minimum Gasteiger partial charge on any atom is -0.493 e. The quantitative estimate of drug-likeness (QED) is 0.790. The first-order chi connectivity index (χ1) is 10.6. The second-order valence-corrected chi connectivity index (χ2v) is 5.27. The minimum absolute atomic E-state index is 0.0133. The number of carbonyl (C=O) groups excluding carboxylic acids is 1. The van der Waals surface area contributed by atoms with E-state index >= 15 is 0 Å². The van der Waals surface area contributed by atoms with Crippen molar-refractivity contribution in [3.8, 4) is 5.75 Å². The van der Waals surface area contributed by atoms with Crippen molar-refractivity contribution in [1.29, 1.82) is 0 Å². The number of para-hydroxylation sites is 1. The van der Waals surface area contributed by atoms with Gasteiger partial charge in [-0.3, -0.25) is 4.79 Å². The summed E-state index contributed by atoms with van der Waals surface area (Å²) >= 11 is 5.66. The van der Waals surface area contributed by atoms with Crippen LogP contribution < -0.4 is 10.1 Å². The smallest absolute Gasteiger partial charge is 0.224 e. The van der Waals surface area contributed by atoms with E-state index in [4.69, 9.17) is 16.3 Å². The molecule has 0 unspecified atom stereocenters. The molecule has 0 atom stereocenters. The van der Waals surface area contributed by atoms with Crippen molar-refractivity contribution in [1.82, 2.24) is 0 Å².